The minimum absolute atomic E-state index is 0.0557. The summed E-state index contributed by atoms with van der Waals surface area (Å²) in [6, 6.07) is 5.19. The number of fused-ring (bicyclic) bond motifs is 1. The van der Waals surface area contributed by atoms with E-state index in [2.05, 4.69) is 4.98 Å². The average molecular weight is 288 g/mol. The highest BCUT2D eigenvalue weighted by atomic mass is 32.1. The highest BCUT2D eigenvalue weighted by Gasteiger charge is 2.17. The summed E-state index contributed by atoms with van der Waals surface area (Å²) in [7, 11) is 0. The molecule has 20 heavy (non-hydrogen) atoms. The fourth-order valence-corrected chi connectivity index (χ4v) is 3.12. The van der Waals surface area contributed by atoms with Gasteiger partial charge in [-0.25, -0.2) is 9.78 Å². The van der Waals surface area contributed by atoms with Gasteiger partial charge in [-0.2, -0.15) is 0 Å². The Labute approximate surface area is 118 Å². The number of aromatic nitrogens is 2. The highest BCUT2D eigenvalue weighted by Crippen LogP contribution is 2.21. The van der Waals surface area contributed by atoms with Crippen LogP contribution in [0.2, 0.25) is 0 Å². The Morgan fingerprint density at radius 3 is 2.95 bits per heavy atom. The number of oxazole rings is 1. The van der Waals surface area contributed by atoms with Gasteiger partial charge in [0.15, 0.2) is 17.0 Å². The first-order valence-electron chi connectivity index (χ1n) is 6.11. The molecular weight excluding hydrogens is 276 g/mol. The molecule has 0 saturated heterocycles. The maximum Gasteiger partial charge on any atom is 0.421 e. The van der Waals surface area contributed by atoms with Crippen LogP contribution in [0.5, 0.6) is 0 Å². The Balaban J connectivity index is 2.01. The predicted molar refractivity (Wildman–Crippen MR) is 76.4 cm³/mol. The molecule has 3 heterocycles. The number of hydrogen-bond donors (Lipinski definition) is 0. The predicted octanol–water partition coefficient (Wildman–Crippen LogP) is 2.55. The van der Waals surface area contributed by atoms with Crippen molar-refractivity contribution in [2.45, 2.75) is 20.4 Å². The van der Waals surface area contributed by atoms with Gasteiger partial charge in [0.05, 0.1) is 6.54 Å². The lowest BCUT2D eigenvalue weighted by Gasteiger charge is -2.00. The van der Waals surface area contributed by atoms with Crippen LogP contribution in [0.15, 0.2) is 33.6 Å². The second kappa shape index (κ2) is 4.72. The number of hydrogen-bond acceptors (Lipinski definition) is 5. The standard InChI is InChI=1S/C14H12N2O3S/c1-8-6-10(9(2)20-8)11(17)7-16-13-12(19-14(16)18)4-3-5-15-13/h3-6H,7H2,1-2H3. The maximum absolute atomic E-state index is 12.3. The summed E-state index contributed by atoms with van der Waals surface area (Å²) in [5.74, 6) is -0.668. The number of Topliss-reactive ketones (excluding diaryl/α,β-unsaturated/α-hetero) is 1. The third kappa shape index (κ3) is 2.08. The summed E-state index contributed by atoms with van der Waals surface area (Å²) < 4.78 is 6.33. The molecule has 0 radical (unpaired) electrons. The third-order valence-corrected chi connectivity index (χ3v) is 4.03. The number of ketones is 1. The van der Waals surface area contributed by atoms with Crippen LogP contribution in [0.4, 0.5) is 0 Å². The fraction of sp³-hybridized carbons (Fsp3) is 0.214. The molecule has 0 fully saturated rings. The number of carbonyl (C=O) groups is 1. The molecular formula is C14H12N2O3S. The molecule has 3 aromatic heterocycles. The topological polar surface area (TPSA) is 65.1 Å². The Hall–Kier alpha value is -2.21. The molecule has 3 aromatic rings. The Morgan fingerprint density at radius 2 is 2.25 bits per heavy atom. The molecule has 5 nitrogen and oxygen atoms in total. The van der Waals surface area contributed by atoms with E-state index in [0.717, 1.165) is 9.75 Å². The Bertz CT molecular complexity index is 857. The quantitative estimate of drug-likeness (QED) is 0.695. The summed E-state index contributed by atoms with van der Waals surface area (Å²) in [6.07, 6.45) is 1.57. The van der Waals surface area contributed by atoms with Crippen molar-refractivity contribution in [3.8, 4) is 0 Å². The van der Waals surface area contributed by atoms with E-state index < -0.39 is 5.76 Å². The second-order valence-electron chi connectivity index (χ2n) is 4.53. The highest BCUT2D eigenvalue weighted by molar-refractivity contribution is 7.12. The zero-order chi connectivity index (χ0) is 14.3. The molecule has 0 saturated carbocycles. The lowest BCUT2D eigenvalue weighted by Crippen LogP contribution is -2.20. The zero-order valence-electron chi connectivity index (χ0n) is 11.0. The van der Waals surface area contributed by atoms with Gasteiger partial charge < -0.3 is 4.42 Å². The fourth-order valence-electron chi connectivity index (χ4n) is 2.18. The van der Waals surface area contributed by atoms with E-state index in [1.165, 1.54) is 4.57 Å². The lowest BCUT2D eigenvalue weighted by atomic mass is 10.1. The van der Waals surface area contributed by atoms with Crippen molar-refractivity contribution in [1.29, 1.82) is 0 Å². The zero-order valence-corrected chi connectivity index (χ0v) is 11.9. The SMILES string of the molecule is Cc1cc(C(=O)Cn2c(=O)oc3cccnc32)c(C)s1. The van der Waals surface area contributed by atoms with E-state index in [1.807, 2.05) is 19.9 Å². The second-order valence-corrected chi connectivity index (χ2v) is 5.99. The van der Waals surface area contributed by atoms with Crippen molar-refractivity contribution in [1.82, 2.24) is 9.55 Å². The van der Waals surface area contributed by atoms with Crippen molar-refractivity contribution in [3.63, 3.8) is 0 Å². The summed E-state index contributed by atoms with van der Waals surface area (Å²) in [6.45, 7) is 3.80. The molecule has 0 aliphatic carbocycles. The molecule has 0 spiro atoms. The van der Waals surface area contributed by atoms with Crippen molar-refractivity contribution < 1.29 is 9.21 Å². The van der Waals surface area contributed by atoms with Gasteiger partial charge >= 0.3 is 5.76 Å². The van der Waals surface area contributed by atoms with E-state index in [0.29, 0.717) is 16.8 Å². The van der Waals surface area contributed by atoms with Crippen LogP contribution >= 0.6 is 11.3 Å². The Morgan fingerprint density at radius 1 is 1.45 bits per heavy atom. The molecule has 0 bridgehead atoms. The lowest BCUT2D eigenvalue weighted by molar-refractivity contribution is 0.0970. The maximum atomic E-state index is 12.3. The molecule has 0 atom stereocenters. The van der Waals surface area contributed by atoms with Crippen molar-refractivity contribution in [2.75, 3.05) is 0 Å². The first-order chi connectivity index (χ1) is 9.56. The minimum Gasteiger partial charge on any atom is -0.406 e. The van der Waals surface area contributed by atoms with Crippen LogP contribution in [-0.2, 0) is 6.54 Å². The van der Waals surface area contributed by atoms with Crippen molar-refractivity contribution in [3.05, 3.63) is 50.3 Å². The molecule has 6 heteroatoms. The number of pyridine rings is 1. The van der Waals surface area contributed by atoms with Gasteiger partial charge in [0.2, 0.25) is 0 Å². The van der Waals surface area contributed by atoms with E-state index in [-0.39, 0.29) is 12.3 Å². The third-order valence-electron chi connectivity index (χ3n) is 3.07. The summed E-state index contributed by atoms with van der Waals surface area (Å²) in [5, 5.41) is 0. The van der Waals surface area contributed by atoms with E-state index in [9.17, 15) is 9.59 Å². The molecule has 0 aliphatic rings. The van der Waals surface area contributed by atoms with Gasteiger partial charge in [0.1, 0.15) is 0 Å². The van der Waals surface area contributed by atoms with Crippen LogP contribution in [0.25, 0.3) is 11.2 Å². The number of nitrogens with zero attached hydrogens (tertiary/aromatic N) is 2. The smallest absolute Gasteiger partial charge is 0.406 e. The van der Waals surface area contributed by atoms with Crippen molar-refractivity contribution >= 4 is 28.4 Å². The first-order valence-corrected chi connectivity index (χ1v) is 6.92. The molecule has 102 valence electrons. The van der Waals surface area contributed by atoms with E-state index in [4.69, 9.17) is 4.42 Å². The minimum atomic E-state index is -0.559. The largest absolute Gasteiger partial charge is 0.421 e. The summed E-state index contributed by atoms with van der Waals surface area (Å²) >= 11 is 1.57. The Kier molecular flexibility index (Phi) is 3.02. The van der Waals surface area contributed by atoms with Gasteiger partial charge in [-0.15, -0.1) is 11.3 Å². The summed E-state index contributed by atoms with van der Waals surface area (Å²) in [5.41, 5.74) is 1.45. The van der Waals surface area contributed by atoms with Gasteiger partial charge in [0.25, 0.3) is 0 Å². The van der Waals surface area contributed by atoms with E-state index in [1.54, 1.807) is 29.7 Å². The molecule has 0 amide bonds. The number of thiophene rings is 1. The summed E-state index contributed by atoms with van der Waals surface area (Å²) in [4.78, 5) is 30.3. The number of aryl methyl sites for hydroxylation is 2. The van der Waals surface area contributed by atoms with Crippen LogP contribution in [0.1, 0.15) is 20.1 Å². The van der Waals surface area contributed by atoms with Crippen LogP contribution in [0, 0.1) is 13.8 Å². The van der Waals surface area contributed by atoms with Crippen LogP contribution in [0.3, 0.4) is 0 Å². The van der Waals surface area contributed by atoms with Gasteiger partial charge in [-0.1, -0.05) is 0 Å². The van der Waals surface area contributed by atoms with Crippen LogP contribution < -0.4 is 5.76 Å². The number of rotatable bonds is 3. The van der Waals surface area contributed by atoms with Crippen molar-refractivity contribution in [2.24, 2.45) is 0 Å². The van der Waals surface area contributed by atoms with Gasteiger partial charge in [-0.3, -0.25) is 9.36 Å². The molecule has 0 unspecified atom stereocenters. The van der Waals surface area contributed by atoms with E-state index >= 15 is 0 Å². The van der Waals surface area contributed by atoms with Gasteiger partial charge in [0, 0.05) is 21.5 Å². The normalized spacial score (nSPS) is 11.1. The first kappa shape index (κ1) is 12.8. The monoisotopic (exact) mass is 288 g/mol. The van der Waals surface area contributed by atoms with Crippen LogP contribution in [-0.4, -0.2) is 15.3 Å². The molecule has 0 N–H and O–H groups in total. The molecule has 0 aliphatic heterocycles. The molecule has 3 rings (SSSR count). The van der Waals surface area contributed by atoms with Gasteiger partial charge in [-0.05, 0) is 32.0 Å². The molecule has 0 aromatic carbocycles. The average Bonchev–Trinajstić information content (AvgIpc) is 2.90. The number of carbonyl (C=O) groups excluding carboxylic acids is 1.